The summed E-state index contributed by atoms with van der Waals surface area (Å²) in [6.45, 7) is -2.95. The van der Waals surface area contributed by atoms with Gasteiger partial charge in [0, 0.05) is 35.8 Å². The lowest BCUT2D eigenvalue weighted by Crippen LogP contribution is -2.05. The van der Waals surface area contributed by atoms with Crippen LogP contribution in [0.5, 0.6) is 5.75 Å². The highest BCUT2D eigenvalue weighted by molar-refractivity contribution is 6.14. The maximum absolute atomic E-state index is 13.0. The Morgan fingerprint density at radius 3 is 2.14 bits per heavy atom. The van der Waals surface area contributed by atoms with Crippen LogP contribution in [-0.4, -0.2) is 22.1 Å². The second-order valence-electron chi connectivity index (χ2n) is 6.25. The molecule has 0 unspecified atom stereocenters. The molecule has 4 aromatic rings. The molecule has 0 spiro atoms. The second-order valence-corrected chi connectivity index (χ2v) is 6.25. The molecule has 3 aromatic carbocycles. The number of aliphatic imine (C=N–C) groups is 1. The fourth-order valence-corrected chi connectivity index (χ4v) is 3.05. The van der Waals surface area contributed by atoms with E-state index in [0.29, 0.717) is 16.9 Å². The fourth-order valence-electron chi connectivity index (χ4n) is 3.05. The van der Waals surface area contributed by atoms with Crippen LogP contribution in [0.4, 0.5) is 14.5 Å². The Morgan fingerprint density at radius 2 is 1.57 bits per heavy atom. The summed E-state index contributed by atoms with van der Waals surface area (Å²) in [5.74, 6) is -0.00874. The molecular formula is C22H17F2N3O. The number of rotatable bonds is 5. The molecule has 0 aliphatic heterocycles. The summed E-state index contributed by atoms with van der Waals surface area (Å²) < 4.78 is 32.4. The highest BCUT2D eigenvalue weighted by Gasteiger charge is 2.15. The van der Waals surface area contributed by atoms with Gasteiger partial charge >= 0.3 is 6.61 Å². The van der Waals surface area contributed by atoms with Crippen molar-refractivity contribution in [2.75, 3.05) is 0 Å². The van der Waals surface area contributed by atoms with Crippen molar-refractivity contribution in [2.24, 2.45) is 12.0 Å². The molecule has 4 rings (SSSR count). The Kier molecular flexibility index (Phi) is 4.85. The van der Waals surface area contributed by atoms with Crippen LogP contribution < -0.4 is 4.74 Å². The Labute approximate surface area is 160 Å². The van der Waals surface area contributed by atoms with E-state index in [4.69, 9.17) is 9.73 Å². The summed E-state index contributed by atoms with van der Waals surface area (Å²) in [6, 6.07) is 22.4. The van der Waals surface area contributed by atoms with Crippen LogP contribution in [0.2, 0.25) is 0 Å². The smallest absolute Gasteiger partial charge is 0.387 e. The lowest BCUT2D eigenvalue weighted by atomic mass is 10.0. The van der Waals surface area contributed by atoms with Gasteiger partial charge in [0.2, 0.25) is 0 Å². The molecule has 0 bridgehead atoms. The van der Waals surface area contributed by atoms with Crippen molar-refractivity contribution in [1.29, 1.82) is 0 Å². The zero-order chi connectivity index (χ0) is 19.5. The van der Waals surface area contributed by atoms with Gasteiger partial charge in [0.25, 0.3) is 0 Å². The van der Waals surface area contributed by atoms with Gasteiger partial charge in [-0.15, -0.1) is 0 Å². The zero-order valence-electron chi connectivity index (χ0n) is 15.1. The summed E-state index contributed by atoms with van der Waals surface area (Å²) in [4.78, 5) is 4.73. The average molecular weight is 377 g/mol. The topological polar surface area (TPSA) is 39.4 Å². The Hall–Kier alpha value is -3.54. The number of benzene rings is 3. The number of aromatic nitrogens is 2. The van der Waals surface area contributed by atoms with Crippen molar-refractivity contribution in [1.82, 2.24) is 9.78 Å². The first kappa shape index (κ1) is 17.9. The molecule has 0 amide bonds. The first-order valence-corrected chi connectivity index (χ1v) is 8.72. The predicted octanol–water partition coefficient (Wildman–Crippen LogP) is 5.34. The molecule has 1 aromatic heterocycles. The molecule has 0 fully saturated rings. The number of halogens is 2. The summed E-state index contributed by atoms with van der Waals surface area (Å²) in [6.07, 6.45) is 1.81. The van der Waals surface area contributed by atoms with Crippen LogP contribution in [0.25, 0.3) is 10.9 Å². The van der Waals surface area contributed by atoms with E-state index in [1.54, 1.807) is 17.8 Å². The van der Waals surface area contributed by atoms with Gasteiger partial charge in [-0.05, 0) is 6.07 Å². The number of nitrogens with zero attached hydrogens (tertiary/aromatic N) is 3. The molecular weight excluding hydrogens is 360 g/mol. The van der Waals surface area contributed by atoms with Gasteiger partial charge in [0.05, 0.1) is 11.2 Å². The Balaban J connectivity index is 1.93. The predicted molar refractivity (Wildman–Crippen MR) is 106 cm³/mol. The van der Waals surface area contributed by atoms with E-state index in [1.807, 2.05) is 66.9 Å². The number of alkyl halides is 2. The van der Waals surface area contributed by atoms with Gasteiger partial charge in [-0.2, -0.15) is 13.9 Å². The second kappa shape index (κ2) is 7.60. The van der Waals surface area contributed by atoms with Crippen molar-refractivity contribution in [3.63, 3.8) is 0 Å². The molecule has 6 heteroatoms. The first-order valence-electron chi connectivity index (χ1n) is 8.72. The molecule has 0 saturated carbocycles. The lowest BCUT2D eigenvalue weighted by molar-refractivity contribution is -0.0493. The molecule has 0 saturated heterocycles. The van der Waals surface area contributed by atoms with Crippen molar-refractivity contribution >= 4 is 22.3 Å². The van der Waals surface area contributed by atoms with Crippen LogP contribution in [0, 0.1) is 0 Å². The van der Waals surface area contributed by atoms with E-state index in [2.05, 4.69) is 5.10 Å². The maximum atomic E-state index is 13.0. The van der Waals surface area contributed by atoms with Crippen molar-refractivity contribution < 1.29 is 13.5 Å². The van der Waals surface area contributed by atoms with Gasteiger partial charge in [0.1, 0.15) is 5.69 Å². The lowest BCUT2D eigenvalue weighted by Gasteiger charge is -2.11. The molecule has 0 N–H and O–H groups in total. The summed E-state index contributed by atoms with van der Waals surface area (Å²) in [5.41, 5.74) is 3.32. The van der Waals surface area contributed by atoms with E-state index < -0.39 is 6.61 Å². The normalized spacial score (nSPS) is 11.0. The van der Waals surface area contributed by atoms with Crippen LogP contribution in [-0.2, 0) is 7.05 Å². The fraction of sp³-hybridized carbons (Fsp3) is 0.0909. The van der Waals surface area contributed by atoms with Crippen molar-refractivity contribution in [3.05, 3.63) is 90.1 Å². The SMILES string of the molecule is Cn1cc2cc(N=C(c3ccccc3)c3ccccc3)c(OC(F)F)cc2n1. The van der Waals surface area contributed by atoms with E-state index in [-0.39, 0.29) is 5.75 Å². The van der Waals surface area contributed by atoms with E-state index in [1.165, 1.54) is 6.07 Å². The van der Waals surface area contributed by atoms with E-state index >= 15 is 0 Å². The highest BCUT2D eigenvalue weighted by atomic mass is 19.3. The van der Waals surface area contributed by atoms with Gasteiger partial charge in [0.15, 0.2) is 5.75 Å². The van der Waals surface area contributed by atoms with Crippen LogP contribution in [0.1, 0.15) is 11.1 Å². The Bertz CT molecular complexity index is 1080. The molecule has 140 valence electrons. The molecule has 1 heterocycles. The summed E-state index contributed by atoms with van der Waals surface area (Å²) in [7, 11) is 1.77. The third-order valence-electron chi connectivity index (χ3n) is 4.24. The number of hydrogen-bond donors (Lipinski definition) is 0. The highest BCUT2D eigenvalue weighted by Crippen LogP contribution is 2.34. The number of aryl methyl sites for hydroxylation is 1. The van der Waals surface area contributed by atoms with Crippen LogP contribution in [0.15, 0.2) is 84.0 Å². The van der Waals surface area contributed by atoms with Gasteiger partial charge < -0.3 is 4.74 Å². The quantitative estimate of drug-likeness (QED) is 0.440. The van der Waals surface area contributed by atoms with Gasteiger partial charge in [-0.1, -0.05) is 60.7 Å². The zero-order valence-corrected chi connectivity index (χ0v) is 15.1. The number of hydrogen-bond acceptors (Lipinski definition) is 3. The summed E-state index contributed by atoms with van der Waals surface area (Å²) in [5, 5.41) is 5.06. The molecule has 0 radical (unpaired) electrons. The van der Waals surface area contributed by atoms with Gasteiger partial charge in [-0.3, -0.25) is 4.68 Å². The molecule has 0 atom stereocenters. The monoisotopic (exact) mass is 377 g/mol. The molecule has 0 aliphatic carbocycles. The molecule has 4 nitrogen and oxygen atoms in total. The molecule has 28 heavy (non-hydrogen) atoms. The standard InChI is InChI=1S/C22H17F2N3O/c1-27-14-17-12-19(20(28-22(23)24)13-18(17)26-27)25-21(15-8-4-2-5-9-15)16-10-6-3-7-11-16/h2-14,22H,1H3. The van der Waals surface area contributed by atoms with Crippen LogP contribution >= 0.6 is 0 Å². The maximum Gasteiger partial charge on any atom is 0.387 e. The minimum absolute atomic E-state index is 0.00874. The van der Waals surface area contributed by atoms with Crippen molar-refractivity contribution in [3.8, 4) is 5.75 Å². The third kappa shape index (κ3) is 3.76. The number of fused-ring (bicyclic) bond motifs is 1. The Morgan fingerprint density at radius 1 is 0.964 bits per heavy atom. The van der Waals surface area contributed by atoms with E-state index in [0.717, 1.165) is 16.5 Å². The first-order chi connectivity index (χ1) is 13.6. The minimum atomic E-state index is -2.95. The average Bonchev–Trinajstić information content (AvgIpc) is 3.05. The minimum Gasteiger partial charge on any atom is -0.432 e. The van der Waals surface area contributed by atoms with Crippen LogP contribution in [0.3, 0.4) is 0 Å². The number of ether oxygens (including phenoxy) is 1. The molecule has 0 aliphatic rings. The van der Waals surface area contributed by atoms with E-state index in [9.17, 15) is 8.78 Å². The third-order valence-corrected chi connectivity index (χ3v) is 4.24. The van der Waals surface area contributed by atoms with Crippen molar-refractivity contribution in [2.45, 2.75) is 6.61 Å². The van der Waals surface area contributed by atoms with Gasteiger partial charge in [-0.25, -0.2) is 4.99 Å². The largest absolute Gasteiger partial charge is 0.432 e. The summed E-state index contributed by atoms with van der Waals surface area (Å²) >= 11 is 0.